The van der Waals surface area contributed by atoms with Crippen LogP contribution in [0.3, 0.4) is 0 Å². The summed E-state index contributed by atoms with van der Waals surface area (Å²) in [6.07, 6.45) is 4.19. The van der Waals surface area contributed by atoms with E-state index in [1.807, 2.05) is 79.7 Å². The van der Waals surface area contributed by atoms with Gasteiger partial charge in [0.2, 0.25) is 31.9 Å². The SMILES string of the molecule is C.CCC[I-]C.Cc1n[nH]c(C)c1-c1cc(-c2c(C)noc2C)cc2[nH]c(NS(=O)(=O)C3CC3)nc12.Cc1n[nH]c(C)c1B1OC(C)(C)C(C)(C)O1.Cc1noc(C)c1-c1cc(I)c2nc(NS(=O)(=O)C3CC3)[nH]c2c1. The molecule has 1 aliphatic heterocycles. The Labute approximate surface area is 469 Å². The van der Waals surface area contributed by atoms with Crippen molar-refractivity contribution >= 4 is 89.2 Å². The van der Waals surface area contributed by atoms with Crippen LogP contribution in [0.2, 0.25) is 0 Å². The normalized spacial score (nSPS) is 15.9. The zero-order chi connectivity index (χ0) is 54.5. The topological polar surface area (TPSA) is 278 Å². The number of anilines is 2. The van der Waals surface area contributed by atoms with E-state index in [0.717, 1.165) is 98.9 Å². The summed E-state index contributed by atoms with van der Waals surface area (Å²) < 4.78 is 79.1. The van der Waals surface area contributed by atoms with E-state index in [2.05, 4.69) is 122 Å². The van der Waals surface area contributed by atoms with Crippen molar-refractivity contribution < 1.29 is 56.4 Å². The van der Waals surface area contributed by atoms with Crippen LogP contribution in [0.15, 0.2) is 33.3 Å². The number of imidazole rings is 2. The maximum absolute atomic E-state index is 12.4. The molecular weight excluding hydrogens is 1240 g/mol. The Morgan fingerprint density at radius 2 is 1.13 bits per heavy atom. The Bertz CT molecular complexity index is 3510. The van der Waals surface area contributed by atoms with Crippen LogP contribution in [0.5, 0.6) is 0 Å². The second-order valence-corrected chi connectivity index (χ2v) is 27.9. The summed E-state index contributed by atoms with van der Waals surface area (Å²) in [5.41, 5.74) is 14.2. The number of alkyl halides is 2. The molecule has 6 aromatic heterocycles. The monoisotopic (exact) mass is 1310 g/mol. The minimum atomic E-state index is -3.42. The summed E-state index contributed by atoms with van der Waals surface area (Å²) in [7, 11) is -7.08. The van der Waals surface area contributed by atoms with E-state index in [4.69, 9.17) is 18.4 Å². The summed E-state index contributed by atoms with van der Waals surface area (Å²) in [4.78, 5) is 17.5. The van der Waals surface area contributed by atoms with Crippen LogP contribution < -0.4 is 36.1 Å². The number of aromatic amines is 4. The number of sulfonamides is 2. The first-order valence-corrected chi connectivity index (χ1v) is 32.6. The molecular formula is C51H70BI2N12O8S2-. The molecule has 6 N–H and O–H groups in total. The first-order chi connectivity index (χ1) is 35.2. The molecule has 3 fully saturated rings. The summed E-state index contributed by atoms with van der Waals surface area (Å²) in [5.74, 6) is 1.93. The van der Waals surface area contributed by atoms with Gasteiger partial charge in [0.1, 0.15) is 17.0 Å². The number of hydrogen-bond acceptors (Lipinski definition) is 14. The van der Waals surface area contributed by atoms with Crippen molar-refractivity contribution in [2.45, 2.75) is 151 Å². The Kier molecular flexibility index (Phi) is 17.7. The van der Waals surface area contributed by atoms with Gasteiger partial charge in [0.15, 0.2) is 0 Å². The van der Waals surface area contributed by atoms with Crippen molar-refractivity contribution in [1.82, 2.24) is 50.6 Å². The Morgan fingerprint density at radius 1 is 0.671 bits per heavy atom. The maximum atomic E-state index is 12.4. The molecule has 20 nitrogen and oxygen atoms in total. The van der Waals surface area contributed by atoms with Crippen LogP contribution in [0, 0.1) is 59.0 Å². The molecule has 0 unspecified atom stereocenters. The molecule has 25 heteroatoms. The van der Waals surface area contributed by atoms with Crippen LogP contribution >= 0.6 is 22.6 Å². The van der Waals surface area contributed by atoms with E-state index < -0.39 is 20.0 Å². The predicted octanol–water partition coefficient (Wildman–Crippen LogP) is 7.17. The number of hydrogen-bond donors (Lipinski definition) is 6. The van der Waals surface area contributed by atoms with Gasteiger partial charge in [0.25, 0.3) is 0 Å². The standard InChI is InChI=1S/C20H22N6O3S.C15H15IN4O3S.C11H19BN2O2.C4H10I.CH4/c1-9-17(10(2)24-23-9)15-7-13(18-11(3)25-29-12(18)4)8-16-19(15)22-20(21-16)26-30(27,28)14-5-6-14;1-7-13(8(2)23-19-7)9-5-11(16)14-12(6-9)17-15(18-14)20-24(21,22)10-3-4-10;1-7-9(8(2)14-13-7)12-15-10(3,4)11(5,6)16-12;1-3-4-5-2;/h7-8,14H,5-6H2,1-4H3,(H,23,24)(H2,21,22,26);5-6,10H,3-4H2,1-2H3,(H2,17,18,20);1-6H3,(H,13,14);3-4H2,1-2H3;1H4/q;;;-1;. The second-order valence-electron chi connectivity index (χ2n) is 20.2. The molecule has 0 spiro atoms. The van der Waals surface area contributed by atoms with E-state index in [1.165, 1.54) is 10.8 Å². The van der Waals surface area contributed by atoms with E-state index in [0.29, 0.717) is 58.2 Å². The predicted molar refractivity (Wildman–Crippen MR) is 305 cm³/mol. The van der Waals surface area contributed by atoms with Crippen molar-refractivity contribution in [3.05, 3.63) is 73.5 Å². The zero-order valence-corrected chi connectivity index (χ0v) is 50.8. The first kappa shape index (κ1) is 58.8. The van der Waals surface area contributed by atoms with Crippen LogP contribution in [-0.2, 0) is 29.4 Å². The zero-order valence-electron chi connectivity index (χ0n) is 44.8. The van der Waals surface area contributed by atoms with E-state index >= 15 is 0 Å². The Morgan fingerprint density at radius 3 is 1.53 bits per heavy atom. The fourth-order valence-electron chi connectivity index (χ4n) is 8.76. The summed E-state index contributed by atoms with van der Waals surface area (Å²) in [6, 6.07) is 7.90. The number of aryl methyl sites for hydroxylation is 8. The molecule has 7 heterocycles. The van der Waals surface area contributed by atoms with Crippen molar-refractivity contribution in [2.75, 3.05) is 18.8 Å². The van der Waals surface area contributed by atoms with Crippen LogP contribution in [0.1, 0.15) is 120 Å². The summed E-state index contributed by atoms with van der Waals surface area (Å²) in [6.45, 7) is 25.8. The first-order valence-electron chi connectivity index (χ1n) is 24.7. The van der Waals surface area contributed by atoms with Gasteiger partial charge in [0.05, 0.1) is 61.0 Å². The third-order valence-electron chi connectivity index (χ3n) is 13.6. The number of aromatic nitrogens is 10. The van der Waals surface area contributed by atoms with E-state index in [-0.39, 0.29) is 48.1 Å². The molecule has 0 amide bonds. The second kappa shape index (κ2) is 22.9. The van der Waals surface area contributed by atoms with Crippen LogP contribution in [0.25, 0.3) is 55.4 Å². The molecule has 0 bridgehead atoms. The smallest absolute Gasteiger partial charge is 0.399 e. The molecule has 0 atom stereocenters. The molecule has 2 aliphatic carbocycles. The van der Waals surface area contributed by atoms with Gasteiger partial charge in [-0.2, -0.15) is 10.2 Å². The molecule has 1 saturated heterocycles. The number of rotatable bonds is 12. The Hall–Kier alpha value is -4.84. The minimum absolute atomic E-state index is 0. The number of benzene rings is 2. The molecule has 412 valence electrons. The average Bonchev–Trinajstić information content (AvgIpc) is 4.13. The van der Waals surface area contributed by atoms with E-state index in [9.17, 15) is 16.8 Å². The van der Waals surface area contributed by atoms with Gasteiger partial charge in [-0.05, 0) is 167 Å². The molecule has 2 aromatic carbocycles. The van der Waals surface area contributed by atoms with Gasteiger partial charge >= 0.3 is 51.0 Å². The molecule has 11 rings (SSSR count). The number of H-pyrrole nitrogens is 4. The number of fused-ring (bicyclic) bond motifs is 2. The van der Waals surface area contributed by atoms with Crippen molar-refractivity contribution in [3.63, 3.8) is 0 Å². The average molecular weight is 1310 g/mol. The fraction of sp³-hybridized carbons (Fsp3) is 0.490. The quantitative estimate of drug-likeness (QED) is 0.0402. The van der Waals surface area contributed by atoms with Gasteiger partial charge in [-0.3, -0.25) is 19.6 Å². The molecule has 8 aromatic rings. The molecule has 76 heavy (non-hydrogen) atoms. The van der Waals surface area contributed by atoms with Crippen LogP contribution in [-0.4, -0.2) is 106 Å². The molecule has 2 saturated carbocycles. The minimum Gasteiger partial charge on any atom is -0.399 e. The van der Waals surface area contributed by atoms with Crippen LogP contribution in [0.4, 0.5) is 11.9 Å². The third-order valence-corrected chi connectivity index (χ3v) is 20.3. The molecule has 0 radical (unpaired) electrons. The van der Waals surface area contributed by atoms with Gasteiger partial charge in [-0.1, -0.05) is 17.7 Å². The summed E-state index contributed by atoms with van der Waals surface area (Å²) in [5, 5.41) is 21.9. The van der Waals surface area contributed by atoms with Gasteiger partial charge < -0.3 is 28.3 Å². The summed E-state index contributed by atoms with van der Waals surface area (Å²) >= 11 is 2.80. The van der Waals surface area contributed by atoms with Gasteiger partial charge in [0, 0.05) is 42.7 Å². The Balaban J connectivity index is 0.000000164. The van der Waals surface area contributed by atoms with Crippen molar-refractivity contribution in [1.29, 1.82) is 0 Å². The maximum Gasteiger partial charge on any atom is 0.498 e. The number of halogens is 2. The van der Waals surface area contributed by atoms with E-state index in [1.54, 1.807) is 0 Å². The number of nitrogens with zero attached hydrogens (tertiary/aromatic N) is 6. The van der Waals surface area contributed by atoms with Crippen molar-refractivity contribution in [3.8, 4) is 33.4 Å². The number of nitrogens with one attached hydrogen (secondary N) is 6. The molecule has 3 aliphatic rings. The van der Waals surface area contributed by atoms with Gasteiger partial charge in [-0.15, -0.1) is 0 Å². The third kappa shape index (κ3) is 12.5. The van der Waals surface area contributed by atoms with Crippen molar-refractivity contribution in [2.24, 2.45) is 0 Å². The largest absolute Gasteiger partial charge is 0.498 e. The fourth-order valence-corrected chi connectivity index (χ4v) is 13.2. The van der Waals surface area contributed by atoms with Gasteiger partial charge in [-0.25, -0.2) is 26.8 Å².